The number of nitrogens with two attached hydrogens (primary N) is 1. The molecule has 5 nitrogen and oxygen atoms in total. The third kappa shape index (κ3) is 6.92. The van der Waals surface area contributed by atoms with Crippen LogP contribution in [0, 0.1) is 0 Å². The van der Waals surface area contributed by atoms with Crippen LogP contribution in [0.25, 0.3) is 10.6 Å². The highest BCUT2D eigenvalue weighted by atomic mass is 32.1. The van der Waals surface area contributed by atoms with E-state index in [2.05, 4.69) is 10.2 Å². The fraction of sp³-hybridized carbons (Fsp3) is 0.391. The molecule has 1 atom stereocenters. The van der Waals surface area contributed by atoms with Gasteiger partial charge in [-0.1, -0.05) is 23.5 Å². The van der Waals surface area contributed by atoms with E-state index in [0.29, 0.717) is 24.8 Å². The molecule has 12 heteroatoms. The number of aliphatic hydroxyl groups excluding tert-OH is 1. The van der Waals surface area contributed by atoms with Crippen molar-refractivity contribution in [3.63, 3.8) is 0 Å². The van der Waals surface area contributed by atoms with Crippen molar-refractivity contribution < 1.29 is 36.2 Å². The van der Waals surface area contributed by atoms with Crippen LogP contribution in [0.4, 0.5) is 26.3 Å². The Balaban J connectivity index is 1.62. The van der Waals surface area contributed by atoms with Crippen LogP contribution in [0.3, 0.4) is 0 Å². The summed E-state index contributed by atoms with van der Waals surface area (Å²) >= 11 is 0.989. The normalized spacial score (nSPS) is 14.1. The summed E-state index contributed by atoms with van der Waals surface area (Å²) in [5.41, 5.74) is 3.93. The highest BCUT2D eigenvalue weighted by molar-refractivity contribution is 7.14. The van der Waals surface area contributed by atoms with E-state index in [4.69, 9.17) is 10.5 Å². The van der Waals surface area contributed by atoms with Crippen molar-refractivity contribution >= 4 is 11.3 Å². The van der Waals surface area contributed by atoms with Gasteiger partial charge in [-0.3, -0.25) is 0 Å². The largest absolute Gasteiger partial charge is 0.493 e. The van der Waals surface area contributed by atoms with Crippen LogP contribution in [0.15, 0.2) is 42.5 Å². The number of aliphatic hydroxyl groups is 1. The Hall–Kier alpha value is -2.70. The number of benzene rings is 2. The molecule has 0 saturated carbocycles. The first kappa shape index (κ1) is 26.9. The lowest BCUT2D eigenvalue weighted by atomic mass is 10.1. The summed E-state index contributed by atoms with van der Waals surface area (Å²) in [6.45, 7) is 1.14. The van der Waals surface area contributed by atoms with Gasteiger partial charge in [0.1, 0.15) is 15.8 Å². The lowest BCUT2D eigenvalue weighted by Gasteiger charge is -2.17. The molecule has 190 valence electrons. The third-order valence-electron chi connectivity index (χ3n) is 5.17. The number of aromatic nitrogens is 2. The number of hydrogen-bond acceptors (Lipinski definition) is 6. The molecule has 1 unspecified atom stereocenters. The maximum atomic E-state index is 13.7. The van der Waals surface area contributed by atoms with Crippen molar-refractivity contribution in [3.05, 3.63) is 64.2 Å². The maximum Gasteiger partial charge on any atom is 0.419 e. The first-order valence-corrected chi connectivity index (χ1v) is 11.4. The van der Waals surface area contributed by atoms with Crippen molar-refractivity contribution in [2.24, 2.45) is 5.73 Å². The Kier molecular flexibility index (Phi) is 8.07. The van der Waals surface area contributed by atoms with Gasteiger partial charge < -0.3 is 15.6 Å². The summed E-state index contributed by atoms with van der Waals surface area (Å²) < 4.78 is 84.2. The van der Waals surface area contributed by atoms with Crippen molar-refractivity contribution in [2.45, 2.75) is 44.1 Å². The average molecular weight is 520 g/mol. The van der Waals surface area contributed by atoms with E-state index < -0.39 is 35.6 Å². The van der Waals surface area contributed by atoms with Gasteiger partial charge in [0.05, 0.1) is 29.9 Å². The minimum Gasteiger partial charge on any atom is -0.493 e. The zero-order valence-electron chi connectivity index (χ0n) is 18.6. The van der Waals surface area contributed by atoms with Gasteiger partial charge in [-0.05, 0) is 62.1 Å². The standard InChI is InChI=1S/C23H23F6N3O2S/c1-21(30,13-33)20-32-31-19(35-20)15-7-10-18(17(12-15)23(27,28)29)34-11-3-2-4-14-5-8-16(9-6-14)22(24,25)26/h5-10,12,33H,2-4,11,13,30H2,1H3. The van der Waals surface area contributed by atoms with Gasteiger partial charge in [0.25, 0.3) is 0 Å². The van der Waals surface area contributed by atoms with Crippen molar-refractivity contribution in [1.29, 1.82) is 0 Å². The number of rotatable bonds is 9. The summed E-state index contributed by atoms with van der Waals surface area (Å²) in [7, 11) is 0. The molecule has 0 fully saturated rings. The summed E-state index contributed by atoms with van der Waals surface area (Å²) in [6.07, 6.45) is -7.66. The van der Waals surface area contributed by atoms with Gasteiger partial charge in [0.2, 0.25) is 0 Å². The summed E-state index contributed by atoms with van der Waals surface area (Å²) in [5.74, 6) is -0.334. The number of nitrogens with zero attached hydrogens (tertiary/aromatic N) is 2. The van der Waals surface area contributed by atoms with E-state index in [1.807, 2.05) is 0 Å². The van der Waals surface area contributed by atoms with Crippen LogP contribution < -0.4 is 10.5 Å². The lowest BCUT2D eigenvalue weighted by Crippen LogP contribution is -2.36. The third-order valence-corrected chi connectivity index (χ3v) is 6.42. The van der Waals surface area contributed by atoms with Crippen LogP contribution in [-0.4, -0.2) is 28.5 Å². The molecular formula is C23H23F6N3O2S. The SMILES string of the molecule is CC(N)(CO)c1nnc(-c2ccc(OCCCCc3ccc(C(F)(F)F)cc3)c(C(F)(F)F)c2)s1. The first-order valence-electron chi connectivity index (χ1n) is 10.6. The molecule has 0 radical (unpaired) electrons. The average Bonchev–Trinajstić information content (AvgIpc) is 3.29. The van der Waals surface area contributed by atoms with E-state index in [1.54, 1.807) is 0 Å². The molecule has 2 aromatic carbocycles. The minimum atomic E-state index is -4.67. The highest BCUT2D eigenvalue weighted by Gasteiger charge is 2.35. The molecule has 0 aliphatic carbocycles. The van der Waals surface area contributed by atoms with E-state index in [-0.39, 0.29) is 27.9 Å². The number of ether oxygens (including phenoxy) is 1. The molecule has 0 aliphatic heterocycles. The van der Waals surface area contributed by atoms with E-state index in [1.165, 1.54) is 31.2 Å². The fourth-order valence-electron chi connectivity index (χ4n) is 3.12. The summed E-state index contributed by atoms with van der Waals surface area (Å²) in [6, 6.07) is 8.35. The second kappa shape index (κ2) is 10.5. The summed E-state index contributed by atoms with van der Waals surface area (Å²) in [5, 5.41) is 17.6. The molecule has 0 amide bonds. The highest BCUT2D eigenvalue weighted by Crippen LogP contribution is 2.40. The molecule has 0 spiro atoms. The monoisotopic (exact) mass is 519 g/mol. The Morgan fingerprint density at radius 1 is 0.943 bits per heavy atom. The van der Waals surface area contributed by atoms with Crippen LogP contribution in [0.1, 0.15) is 41.5 Å². The first-order chi connectivity index (χ1) is 16.3. The van der Waals surface area contributed by atoms with Gasteiger partial charge in [-0.25, -0.2) is 0 Å². The molecule has 3 rings (SSSR count). The predicted molar refractivity (Wildman–Crippen MR) is 119 cm³/mol. The second-order valence-corrected chi connectivity index (χ2v) is 9.17. The molecule has 0 bridgehead atoms. The maximum absolute atomic E-state index is 13.7. The second-order valence-electron chi connectivity index (χ2n) is 8.20. The Morgan fingerprint density at radius 2 is 1.63 bits per heavy atom. The lowest BCUT2D eigenvalue weighted by molar-refractivity contribution is -0.139. The van der Waals surface area contributed by atoms with Gasteiger partial charge in [0.15, 0.2) is 0 Å². The van der Waals surface area contributed by atoms with Gasteiger partial charge in [0, 0.05) is 5.56 Å². The van der Waals surface area contributed by atoms with Crippen molar-refractivity contribution in [1.82, 2.24) is 10.2 Å². The van der Waals surface area contributed by atoms with Crippen LogP contribution in [0.5, 0.6) is 5.75 Å². The Bertz CT molecular complexity index is 1130. The predicted octanol–water partition coefficient (Wildman–Crippen LogP) is 5.81. The number of unbranched alkanes of at least 4 members (excludes halogenated alkanes) is 1. The van der Waals surface area contributed by atoms with Crippen LogP contribution >= 0.6 is 11.3 Å². The molecular weight excluding hydrogens is 496 g/mol. The molecule has 1 heterocycles. The van der Waals surface area contributed by atoms with Crippen LogP contribution in [-0.2, 0) is 24.3 Å². The molecule has 0 aliphatic rings. The summed E-state index contributed by atoms with van der Waals surface area (Å²) in [4.78, 5) is 0. The van der Waals surface area contributed by atoms with Crippen molar-refractivity contribution in [2.75, 3.05) is 13.2 Å². The quantitative estimate of drug-likeness (QED) is 0.276. The molecule has 0 saturated heterocycles. The number of hydrogen-bond donors (Lipinski definition) is 2. The molecule has 1 aromatic heterocycles. The fourth-order valence-corrected chi connectivity index (χ4v) is 4.01. The van der Waals surface area contributed by atoms with Crippen LogP contribution in [0.2, 0.25) is 0 Å². The van der Waals surface area contributed by atoms with Gasteiger partial charge >= 0.3 is 12.4 Å². The zero-order valence-corrected chi connectivity index (χ0v) is 19.4. The Morgan fingerprint density at radius 3 is 2.23 bits per heavy atom. The molecule has 3 N–H and O–H groups in total. The van der Waals surface area contributed by atoms with Gasteiger partial charge in [-0.2, -0.15) is 26.3 Å². The number of alkyl halides is 6. The topological polar surface area (TPSA) is 81.3 Å². The minimum absolute atomic E-state index is 0.00798. The number of aryl methyl sites for hydroxylation is 1. The smallest absolute Gasteiger partial charge is 0.419 e. The van der Waals surface area contributed by atoms with Crippen molar-refractivity contribution in [3.8, 4) is 16.3 Å². The molecule has 35 heavy (non-hydrogen) atoms. The van der Waals surface area contributed by atoms with E-state index in [9.17, 15) is 31.4 Å². The van der Waals surface area contributed by atoms with E-state index >= 15 is 0 Å². The van der Waals surface area contributed by atoms with Gasteiger partial charge in [-0.15, -0.1) is 10.2 Å². The zero-order chi connectivity index (χ0) is 25.9. The number of halogens is 6. The molecule has 3 aromatic rings. The van der Waals surface area contributed by atoms with E-state index in [0.717, 1.165) is 29.5 Å². The Labute approximate surface area is 201 Å².